The third kappa shape index (κ3) is 4.63. The highest BCUT2D eigenvalue weighted by Crippen LogP contribution is 2.29. The van der Waals surface area contributed by atoms with Crippen LogP contribution in [-0.4, -0.2) is 18.5 Å². The molecular formula is C21H22O5. The van der Waals surface area contributed by atoms with Gasteiger partial charge in [-0.05, 0) is 60.9 Å². The van der Waals surface area contributed by atoms with Gasteiger partial charge in [-0.2, -0.15) is 0 Å². The van der Waals surface area contributed by atoms with Crippen molar-refractivity contribution in [3.63, 3.8) is 0 Å². The minimum absolute atomic E-state index is 0.237. The Kier molecular flexibility index (Phi) is 5.89. The van der Waals surface area contributed by atoms with Gasteiger partial charge in [-0.1, -0.05) is 19.8 Å². The maximum Gasteiger partial charge on any atom is 0.343 e. The number of hydrogen-bond donors (Lipinski definition) is 0. The second-order valence-electron chi connectivity index (χ2n) is 6.21. The molecule has 0 saturated heterocycles. The highest BCUT2D eigenvalue weighted by atomic mass is 16.5. The van der Waals surface area contributed by atoms with Gasteiger partial charge in [0, 0.05) is 0 Å². The van der Waals surface area contributed by atoms with Gasteiger partial charge in [0.25, 0.3) is 0 Å². The highest BCUT2D eigenvalue weighted by molar-refractivity contribution is 5.91. The lowest BCUT2D eigenvalue weighted by Gasteiger charge is -2.16. The summed E-state index contributed by atoms with van der Waals surface area (Å²) in [6, 6.07) is 12.0. The first-order valence-electron chi connectivity index (χ1n) is 8.94. The molecule has 0 spiro atoms. The zero-order valence-electron chi connectivity index (χ0n) is 14.8. The van der Waals surface area contributed by atoms with Crippen LogP contribution in [0.5, 0.6) is 17.2 Å². The predicted molar refractivity (Wildman–Crippen MR) is 96.8 cm³/mol. The fourth-order valence-electron chi connectivity index (χ4n) is 2.72. The number of unbranched alkanes of at least 4 members (excludes halogenated alkanes) is 2. The Morgan fingerprint density at radius 3 is 2.58 bits per heavy atom. The average molecular weight is 354 g/mol. The lowest BCUT2D eigenvalue weighted by atomic mass is 10.1. The van der Waals surface area contributed by atoms with Crippen LogP contribution in [0.15, 0.2) is 42.5 Å². The molecule has 1 heterocycles. The van der Waals surface area contributed by atoms with Crippen molar-refractivity contribution < 1.29 is 23.8 Å². The van der Waals surface area contributed by atoms with E-state index in [-0.39, 0.29) is 5.97 Å². The quantitative estimate of drug-likeness (QED) is 0.421. The Balaban J connectivity index is 1.58. The lowest BCUT2D eigenvalue weighted by Crippen LogP contribution is -2.16. The van der Waals surface area contributed by atoms with Crippen molar-refractivity contribution in [2.75, 3.05) is 6.61 Å². The van der Waals surface area contributed by atoms with E-state index in [0.29, 0.717) is 36.5 Å². The van der Waals surface area contributed by atoms with Crippen LogP contribution in [-0.2, 0) is 11.2 Å². The van der Waals surface area contributed by atoms with Crippen LogP contribution >= 0.6 is 0 Å². The molecule has 0 aromatic heterocycles. The molecule has 26 heavy (non-hydrogen) atoms. The van der Waals surface area contributed by atoms with Crippen LogP contribution in [0, 0.1) is 0 Å². The zero-order valence-corrected chi connectivity index (χ0v) is 14.8. The first kappa shape index (κ1) is 18.0. The number of rotatable bonds is 7. The minimum atomic E-state index is -0.435. The van der Waals surface area contributed by atoms with Gasteiger partial charge in [-0.15, -0.1) is 0 Å². The van der Waals surface area contributed by atoms with Gasteiger partial charge in [0.15, 0.2) is 0 Å². The van der Waals surface area contributed by atoms with Crippen LogP contribution in [0.25, 0.3) is 0 Å². The van der Waals surface area contributed by atoms with Gasteiger partial charge in [-0.25, -0.2) is 4.79 Å². The molecule has 1 aliphatic heterocycles. The molecule has 5 heteroatoms. The number of esters is 2. The molecule has 0 bridgehead atoms. The van der Waals surface area contributed by atoms with Crippen LogP contribution < -0.4 is 14.2 Å². The molecule has 136 valence electrons. The smallest absolute Gasteiger partial charge is 0.343 e. The number of benzene rings is 2. The molecule has 0 atom stereocenters. The number of aryl methyl sites for hydroxylation is 1. The summed E-state index contributed by atoms with van der Waals surface area (Å²) in [5, 5.41) is 0. The number of carbonyl (C=O) groups is 2. The maximum atomic E-state index is 12.3. The predicted octanol–water partition coefficient (Wildman–Crippen LogP) is 4.33. The van der Waals surface area contributed by atoms with E-state index in [1.54, 1.807) is 42.5 Å². The van der Waals surface area contributed by atoms with Crippen LogP contribution in [0.3, 0.4) is 0 Å². The summed E-state index contributed by atoms with van der Waals surface area (Å²) in [6.45, 7) is 2.83. The fraction of sp³-hybridized carbons (Fsp3) is 0.333. The molecule has 5 nitrogen and oxygen atoms in total. The molecule has 0 unspecified atom stereocenters. The number of carbonyl (C=O) groups excluding carboxylic acids is 2. The molecule has 2 aromatic carbocycles. The molecular weight excluding hydrogens is 332 g/mol. The normalized spacial score (nSPS) is 12.9. The highest BCUT2D eigenvalue weighted by Gasteiger charge is 2.18. The summed E-state index contributed by atoms with van der Waals surface area (Å²) < 4.78 is 16.2. The van der Waals surface area contributed by atoms with Crippen molar-refractivity contribution in [3.05, 3.63) is 53.6 Å². The molecule has 0 radical (unpaired) electrons. The van der Waals surface area contributed by atoms with Crippen LogP contribution in [0.4, 0.5) is 0 Å². The summed E-state index contributed by atoms with van der Waals surface area (Å²) in [6.07, 6.45) is 4.24. The first-order valence-corrected chi connectivity index (χ1v) is 8.94. The van der Waals surface area contributed by atoms with Crippen molar-refractivity contribution in [2.45, 2.75) is 39.0 Å². The van der Waals surface area contributed by atoms with Gasteiger partial charge >= 0.3 is 11.9 Å². The van der Waals surface area contributed by atoms with Crippen molar-refractivity contribution >= 4 is 11.9 Å². The first-order chi connectivity index (χ1) is 12.7. The Bertz CT molecular complexity index is 779. The zero-order chi connectivity index (χ0) is 18.4. The van der Waals surface area contributed by atoms with Crippen LogP contribution in [0.1, 0.15) is 48.5 Å². The Labute approximate surface area is 152 Å². The SMILES string of the molecule is CCCCCOc1ccc(C(=O)Oc2ccc3c(c2)CCC(=O)O3)cc1. The van der Waals surface area contributed by atoms with E-state index in [1.165, 1.54) is 0 Å². The summed E-state index contributed by atoms with van der Waals surface area (Å²) in [5.41, 5.74) is 1.32. The summed E-state index contributed by atoms with van der Waals surface area (Å²) >= 11 is 0. The fourth-order valence-corrected chi connectivity index (χ4v) is 2.72. The second-order valence-corrected chi connectivity index (χ2v) is 6.21. The summed E-state index contributed by atoms with van der Waals surface area (Å²) in [4.78, 5) is 23.6. The number of hydrogen-bond acceptors (Lipinski definition) is 5. The van der Waals surface area contributed by atoms with E-state index in [2.05, 4.69) is 6.92 Å². The van der Waals surface area contributed by atoms with Gasteiger partial charge in [0.05, 0.1) is 18.6 Å². The topological polar surface area (TPSA) is 61.8 Å². The van der Waals surface area contributed by atoms with Crippen molar-refractivity contribution in [1.29, 1.82) is 0 Å². The lowest BCUT2D eigenvalue weighted by molar-refractivity contribution is -0.135. The molecule has 3 rings (SSSR count). The van der Waals surface area contributed by atoms with Gasteiger partial charge in [0.2, 0.25) is 0 Å². The molecule has 0 saturated carbocycles. The Morgan fingerprint density at radius 1 is 1.04 bits per heavy atom. The summed E-state index contributed by atoms with van der Waals surface area (Å²) in [5.74, 6) is 1.04. The molecule has 0 aliphatic carbocycles. The van der Waals surface area contributed by atoms with Crippen molar-refractivity contribution in [2.24, 2.45) is 0 Å². The molecule has 0 amide bonds. The van der Waals surface area contributed by atoms with E-state index in [0.717, 1.165) is 30.6 Å². The monoisotopic (exact) mass is 354 g/mol. The van der Waals surface area contributed by atoms with Gasteiger partial charge in [0.1, 0.15) is 17.2 Å². The average Bonchev–Trinajstić information content (AvgIpc) is 2.66. The van der Waals surface area contributed by atoms with Crippen molar-refractivity contribution in [3.8, 4) is 17.2 Å². The maximum absolute atomic E-state index is 12.3. The number of ether oxygens (including phenoxy) is 3. The van der Waals surface area contributed by atoms with Gasteiger partial charge in [-0.3, -0.25) is 4.79 Å². The number of fused-ring (bicyclic) bond motifs is 1. The third-order valence-electron chi connectivity index (χ3n) is 4.17. The van der Waals surface area contributed by atoms with E-state index in [1.807, 2.05) is 0 Å². The Morgan fingerprint density at radius 2 is 1.81 bits per heavy atom. The van der Waals surface area contributed by atoms with E-state index >= 15 is 0 Å². The molecule has 0 fully saturated rings. The van der Waals surface area contributed by atoms with E-state index in [9.17, 15) is 9.59 Å². The van der Waals surface area contributed by atoms with E-state index < -0.39 is 5.97 Å². The standard InChI is InChI=1S/C21H22O5/c1-2-3-4-13-24-17-8-5-15(6-9-17)21(23)25-18-10-11-19-16(14-18)7-12-20(22)26-19/h5-6,8-11,14H,2-4,7,12-13H2,1H3. The Hall–Kier alpha value is -2.82. The van der Waals surface area contributed by atoms with E-state index in [4.69, 9.17) is 14.2 Å². The van der Waals surface area contributed by atoms with Crippen molar-refractivity contribution in [1.82, 2.24) is 0 Å². The third-order valence-corrected chi connectivity index (χ3v) is 4.17. The largest absolute Gasteiger partial charge is 0.494 e. The van der Waals surface area contributed by atoms with Crippen LogP contribution in [0.2, 0.25) is 0 Å². The second kappa shape index (κ2) is 8.52. The van der Waals surface area contributed by atoms with Gasteiger partial charge < -0.3 is 14.2 Å². The molecule has 1 aliphatic rings. The minimum Gasteiger partial charge on any atom is -0.494 e. The summed E-state index contributed by atoms with van der Waals surface area (Å²) in [7, 11) is 0. The molecule has 2 aromatic rings. The molecule has 0 N–H and O–H groups in total.